The van der Waals surface area contributed by atoms with Crippen molar-refractivity contribution in [2.24, 2.45) is 0 Å². The van der Waals surface area contributed by atoms with E-state index in [1.807, 2.05) is 0 Å². The highest BCUT2D eigenvalue weighted by atomic mass is 16.6. The van der Waals surface area contributed by atoms with Crippen LogP contribution in [0.2, 0.25) is 0 Å². The lowest BCUT2D eigenvalue weighted by Crippen LogP contribution is -2.38. The van der Waals surface area contributed by atoms with Crippen molar-refractivity contribution in [3.05, 3.63) is 11.1 Å². The van der Waals surface area contributed by atoms with Crippen LogP contribution >= 0.6 is 0 Å². The van der Waals surface area contributed by atoms with Crippen molar-refractivity contribution >= 4 is 5.97 Å². The van der Waals surface area contributed by atoms with Crippen LogP contribution in [0.1, 0.15) is 12.8 Å². The molecule has 0 spiro atoms. The predicted molar refractivity (Wildman–Crippen MR) is 45.2 cm³/mol. The van der Waals surface area contributed by atoms with Crippen molar-refractivity contribution in [1.29, 1.82) is 0 Å². The van der Waals surface area contributed by atoms with Crippen molar-refractivity contribution in [3.63, 3.8) is 0 Å². The van der Waals surface area contributed by atoms with E-state index in [9.17, 15) is 9.90 Å². The Morgan fingerprint density at radius 2 is 2.29 bits per heavy atom. The van der Waals surface area contributed by atoms with Gasteiger partial charge in [0.25, 0.3) is 0 Å². The van der Waals surface area contributed by atoms with Crippen molar-refractivity contribution in [3.8, 4) is 0 Å². The van der Waals surface area contributed by atoms with E-state index < -0.39 is 18.4 Å². The molecule has 5 nitrogen and oxygen atoms in total. The minimum Gasteiger partial charge on any atom is -0.462 e. The smallest absolute Gasteiger partial charge is 0.339 e. The van der Waals surface area contributed by atoms with Crippen molar-refractivity contribution in [2.45, 2.75) is 25.2 Å². The molecule has 14 heavy (non-hydrogen) atoms. The van der Waals surface area contributed by atoms with Gasteiger partial charge in [-0.3, -0.25) is 0 Å². The van der Waals surface area contributed by atoms with Gasteiger partial charge in [0.15, 0.2) is 6.29 Å². The van der Waals surface area contributed by atoms with E-state index in [0.717, 1.165) is 5.57 Å². The zero-order chi connectivity index (χ0) is 10.1. The summed E-state index contributed by atoms with van der Waals surface area (Å²) in [6.07, 6.45) is -0.533. The average molecular weight is 200 g/mol. The predicted octanol–water partition coefficient (Wildman–Crippen LogP) is -0.671. The fourth-order valence-electron chi connectivity index (χ4n) is 1.79. The van der Waals surface area contributed by atoms with Gasteiger partial charge in [-0.2, -0.15) is 0 Å². The molecule has 0 aromatic heterocycles. The molecule has 2 aliphatic heterocycles. The molecule has 0 bridgehead atoms. The van der Waals surface area contributed by atoms with Gasteiger partial charge in [0.2, 0.25) is 0 Å². The molecule has 2 aliphatic rings. The summed E-state index contributed by atoms with van der Waals surface area (Å²) in [5, 5.41) is 18.4. The summed E-state index contributed by atoms with van der Waals surface area (Å²) < 4.78 is 9.81. The number of cyclic esters (lactones) is 1. The third-order valence-electron chi connectivity index (χ3n) is 2.48. The van der Waals surface area contributed by atoms with Gasteiger partial charge in [0, 0.05) is 6.42 Å². The van der Waals surface area contributed by atoms with E-state index in [1.54, 1.807) is 0 Å². The third-order valence-corrected chi connectivity index (χ3v) is 2.48. The molecule has 5 heteroatoms. The van der Waals surface area contributed by atoms with Crippen LogP contribution in [0.5, 0.6) is 0 Å². The second kappa shape index (κ2) is 3.68. The Hall–Kier alpha value is -0.910. The molecule has 0 aliphatic carbocycles. The minimum atomic E-state index is -1.25. The summed E-state index contributed by atoms with van der Waals surface area (Å²) in [5.41, 5.74) is 1.07. The molecule has 2 rings (SSSR count). The van der Waals surface area contributed by atoms with Crippen LogP contribution in [0.15, 0.2) is 11.1 Å². The van der Waals surface area contributed by atoms with Crippen LogP contribution in [-0.4, -0.2) is 41.8 Å². The quantitative estimate of drug-likeness (QED) is 0.549. The Bertz CT molecular complexity index is 283. The molecule has 0 saturated heterocycles. The zero-order valence-corrected chi connectivity index (χ0v) is 7.60. The van der Waals surface area contributed by atoms with Gasteiger partial charge in [-0.1, -0.05) is 0 Å². The average Bonchev–Trinajstić information content (AvgIpc) is 2.17. The SMILES string of the molecule is O=C1OCCC2=C1[C@H](O)O[C@@H](CO)C2. The van der Waals surface area contributed by atoms with Crippen LogP contribution in [-0.2, 0) is 14.3 Å². The summed E-state index contributed by atoms with van der Waals surface area (Å²) in [4.78, 5) is 11.3. The van der Waals surface area contributed by atoms with Gasteiger partial charge in [0.05, 0.1) is 24.9 Å². The van der Waals surface area contributed by atoms with E-state index in [0.29, 0.717) is 19.4 Å². The highest BCUT2D eigenvalue weighted by molar-refractivity contribution is 5.91. The molecule has 0 saturated carbocycles. The lowest BCUT2D eigenvalue weighted by atomic mass is 9.94. The topological polar surface area (TPSA) is 76.0 Å². The van der Waals surface area contributed by atoms with Crippen molar-refractivity contribution < 1.29 is 24.5 Å². The Morgan fingerprint density at radius 1 is 1.50 bits per heavy atom. The van der Waals surface area contributed by atoms with Crippen LogP contribution < -0.4 is 0 Å². The standard InChI is InChI=1S/C9H12O5/c10-4-6-3-5-1-2-13-8(11)7(5)9(12)14-6/h6,9-10,12H,1-4H2/t6-,9-/m1/s1. The molecule has 0 amide bonds. The number of carbonyl (C=O) groups is 1. The molecule has 0 unspecified atom stereocenters. The second-order valence-electron chi connectivity index (χ2n) is 3.40. The Labute approximate surface area is 80.9 Å². The molecule has 0 fully saturated rings. The van der Waals surface area contributed by atoms with E-state index in [1.165, 1.54) is 0 Å². The highest BCUT2D eigenvalue weighted by Crippen LogP contribution is 2.30. The molecule has 2 atom stereocenters. The first-order valence-electron chi connectivity index (χ1n) is 4.56. The lowest BCUT2D eigenvalue weighted by Gasteiger charge is -2.31. The maximum absolute atomic E-state index is 11.3. The maximum atomic E-state index is 11.3. The molecule has 0 aromatic rings. The molecular formula is C9H12O5. The minimum absolute atomic E-state index is 0.150. The zero-order valence-electron chi connectivity index (χ0n) is 7.60. The van der Waals surface area contributed by atoms with E-state index in [-0.39, 0.29) is 12.2 Å². The fraction of sp³-hybridized carbons (Fsp3) is 0.667. The number of hydrogen-bond donors (Lipinski definition) is 2. The number of aliphatic hydroxyl groups excluding tert-OH is 2. The first-order chi connectivity index (χ1) is 6.72. The first-order valence-corrected chi connectivity index (χ1v) is 4.56. The summed E-state index contributed by atoms with van der Waals surface area (Å²) in [6.45, 7) is 0.200. The molecule has 2 heterocycles. The third kappa shape index (κ3) is 1.54. The summed E-state index contributed by atoms with van der Waals surface area (Å²) in [7, 11) is 0. The second-order valence-corrected chi connectivity index (χ2v) is 3.40. The number of esters is 1. The largest absolute Gasteiger partial charge is 0.462 e. The van der Waals surface area contributed by atoms with Gasteiger partial charge in [-0.25, -0.2) is 4.79 Å². The van der Waals surface area contributed by atoms with Crippen LogP contribution in [0.3, 0.4) is 0 Å². The van der Waals surface area contributed by atoms with E-state index in [2.05, 4.69) is 0 Å². The number of aliphatic hydroxyl groups is 2. The van der Waals surface area contributed by atoms with Crippen LogP contribution in [0, 0.1) is 0 Å². The van der Waals surface area contributed by atoms with Crippen molar-refractivity contribution in [1.82, 2.24) is 0 Å². The summed E-state index contributed by atoms with van der Waals surface area (Å²) in [6, 6.07) is 0. The van der Waals surface area contributed by atoms with Gasteiger partial charge >= 0.3 is 5.97 Å². The fourth-order valence-corrected chi connectivity index (χ4v) is 1.79. The van der Waals surface area contributed by atoms with Gasteiger partial charge in [0.1, 0.15) is 0 Å². The normalized spacial score (nSPS) is 32.6. The Morgan fingerprint density at radius 3 is 3.00 bits per heavy atom. The number of rotatable bonds is 1. The molecule has 0 radical (unpaired) electrons. The van der Waals surface area contributed by atoms with Gasteiger partial charge in [-0.05, 0) is 12.0 Å². The van der Waals surface area contributed by atoms with Crippen LogP contribution in [0.4, 0.5) is 0 Å². The first kappa shape index (κ1) is 9.64. The lowest BCUT2D eigenvalue weighted by molar-refractivity contribution is -0.161. The maximum Gasteiger partial charge on any atom is 0.339 e. The van der Waals surface area contributed by atoms with E-state index in [4.69, 9.17) is 14.6 Å². The van der Waals surface area contributed by atoms with E-state index >= 15 is 0 Å². The van der Waals surface area contributed by atoms with Crippen LogP contribution in [0.25, 0.3) is 0 Å². The van der Waals surface area contributed by atoms with Crippen molar-refractivity contribution in [2.75, 3.05) is 13.2 Å². The number of hydrogen-bond acceptors (Lipinski definition) is 5. The highest BCUT2D eigenvalue weighted by Gasteiger charge is 2.35. The summed E-state index contributed by atoms with van der Waals surface area (Å²) in [5.74, 6) is -0.505. The monoisotopic (exact) mass is 200 g/mol. The molecule has 2 N–H and O–H groups in total. The van der Waals surface area contributed by atoms with Gasteiger partial charge in [-0.15, -0.1) is 0 Å². The van der Waals surface area contributed by atoms with Gasteiger partial charge < -0.3 is 19.7 Å². The Kier molecular flexibility index (Phi) is 2.54. The number of carbonyl (C=O) groups excluding carboxylic acids is 1. The number of ether oxygens (including phenoxy) is 2. The molecular weight excluding hydrogens is 188 g/mol. The summed E-state index contributed by atoms with van der Waals surface area (Å²) >= 11 is 0. The Balaban J connectivity index is 2.26. The molecule has 0 aromatic carbocycles. The molecule has 78 valence electrons.